The quantitative estimate of drug-likeness (QED) is 0.733. The Morgan fingerprint density at radius 3 is 3.00 bits per heavy atom. The number of methoxy groups -OCH3 is 1. The molecule has 0 aromatic heterocycles. The van der Waals surface area contributed by atoms with Crippen LogP contribution in [0.1, 0.15) is 18.1 Å². The SMILES string of the molecule is COc1ccc2c(c1)CNCC(C)C2. The molecule has 1 heterocycles. The van der Waals surface area contributed by atoms with Crippen LogP contribution in [0, 0.1) is 5.92 Å². The van der Waals surface area contributed by atoms with Crippen LogP contribution < -0.4 is 10.1 Å². The summed E-state index contributed by atoms with van der Waals surface area (Å²) in [6.07, 6.45) is 1.17. The second kappa shape index (κ2) is 4.01. The number of rotatable bonds is 1. The molecular weight excluding hydrogens is 174 g/mol. The fourth-order valence-corrected chi connectivity index (χ4v) is 1.99. The molecule has 14 heavy (non-hydrogen) atoms. The zero-order valence-corrected chi connectivity index (χ0v) is 8.84. The van der Waals surface area contributed by atoms with Crippen LogP contribution in [0.2, 0.25) is 0 Å². The minimum Gasteiger partial charge on any atom is -0.497 e. The van der Waals surface area contributed by atoms with Gasteiger partial charge in [-0.15, -0.1) is 0 Å². The van der Waals surface area contributed by atoms with Crippen LogP contribution in [0.15, 0.2) is 18.2 Å². The lowest BCUT2D eigenvalue weighted by atomic mass is 9.99. The summed E-state index contributed by atoms with van der Waals surface area (Å²) < 4.78 is 5.22. The van der Waals surface area contributed by atoms with Gasteiger partial charge in [-0.25, -0.2) is 0 Å². The third-order valence-corrected chi connectivity index (χ3v) is 2.79. The van der Waals surface area contributed by atoms with E-state index in [1.807, 2.05) is 0 Å². The van der Waals surface area contributed by atoms with Crippen LogP contribution in [-0.4, -0.2) is 13.7 Å². The fraction of sp³-hybridized carbons (Fsp3) is 0.500. The van der Waals surface area contributed by atoms with Gasteiger partial charge in [0.25, 0.3) is 0 Å². The first-order chi connectivity index (χ1) is 6.79. The zero-order valence-electron chi connectivity index (χ0n) is 8.84. The van der Waals surface area contributed by atoms with Crippen molar-refractivity contribution in [2.75, 3.05) is 13.7 Å². The van der Waals surface area contributed by atoms with Gasteiger partial charge in [0, 0.05) is 6.54 Å². The maximum absolute atomic E-state index is 5.22. The molecule has 0 spiro atoms. The van der Waals surface area contributed by atoms with Gasteiger partial charge < -0.3 is 10.1 Å². The number of hydrogen-bond acceptors (Lipinski definition) is 2. The van der Waals surface area contributed by atoms with Gasteiger partial charge in [0.2, 0.25) is 0 Å². The van der Waals surface area contributed by atoms with Crippen molar-refractivity contribution in [2.45, 2.75) is 19.9 Å². The van der Waals surface area contributed by atoms with Crippen molar-refractivity contribution in [3.8, 4) is 5.75 Å². The Labute approximate surface area is 85.3 Å². The van der Waals surface area contributed by atoms with E-state index < -0.39 is 0 Å². The molecule has 1 aliphatic heterocycles. The first kappa shape index (κ1) is 9.53. The highest BCUT2D eigenvalue weighted by Gasteiger charge is 2.12. The molecule has 0 amide bonds. The van der Waals surface area contributed by atoms with Crippen molar-refractivity contribution in [1.29, 1.82) is 0 Å². The molecule has 0 saturated carbocycles. The van der Waals surface area contributed by atoms with Crippen molar-refractivity contribution in [2.24, 2.45) is 5.92 Å². The standard InChI is InChI=1S/C12H17NO/c1-9-5-10-3-4-12(14-2)6-11(10)8-13-7-9/h3-4,6,9,13H,5,7-8H2,1-2H3. The smallest absolute Gasteiger partial charge is 0.119 e. The van der Waals surface area contributed by atoms with E-state index in [4.69, 9.17) is 4.74 Å². The fourth-order valence-electron chi connectivity index (χ4n) is 1.99. The third-order valence-electron chi connectivity index (χ3n) is 2.79. The molecule has 1 atom stereocenters. The molecule has 0 aliphatic carbocycles. The average molecular weight is 191 g/mol. The molecule has 1 N–H and O–H groups in total. The van der Waals surface area contributed by atoms with Crippen LogP contribution in [-0.2, 0) is 13.0 Å². The highest BCUT2D eigenvalue weighted by Crippen LogP contribution is 2.22. The summed E-state index contributed by atoms with van der Waals surface area (Å²) in [6.45, 7) is 4.36. The summed E-state index contributed by atoms with van der Waals surface area (Å²) in [5.41, 5.74) is 2.84. The van der Waals surface area contributed by atoms with Crippen LogP contribution >= 0.6 is 0 Å². The topological polar surface area (TPSA) is 21.3 Å². The molecule has 0 saturated heterocycles. The Morgan fingerprint density at radius 1 is 1.36 bits per heavy atom. The van der Waals surface area contributed by atoms with Crippen molar-refractivity contribution in [3.63, 3.8) is 0 Å². The molecule has 0 radical (unpaired) electrons. The molecule has 1 aromatic rings. The maximum Gasteiger partial charge on any atom is 0.119 e. The summed E-state index contributed by atoms with van der Waals surface area (Å²) in [6, 6.07) is 6.38. The monoisotopic (exact) mass is 191 g/mol. The Kier molecular flexibility index (Phi) is 2.73. The first-order valence-corrected chi connectivity index (χ1v) is 5.16. The Bertz CT molecular complexity index is 322. The Morgan fingerprint density at radius 2 is 2.21 bits per heavy atom. The molecule has 76 valence electrons. The second-order valence-corrected chi connectivity index (χ2v) is 4.07. The minimum atomic E-state index is 0.727. The van der Waals surface area contributed by atoms with Crippen molar-refractivity contribution in [3.05, 3.63) is 29.3 Å². The second-order valence-electron chi connectivity index (χ2n) is 4.07. The van der Waals surface area contributed by atoms with Gasteiger partial charge in [-0.05, 0) is 42.1 Å². The third kappa shape index (κ3) is 1.90. The van der Waals surface area contributed by atoms with E-state index >= 15 is 0 Å². The van der Waals surface area contributed by atoms with E-state index in [0.717, 1.165) is 24.8 Å². The predicted molar refractivity (Wildman–Crippen MR) is 57.6 cm³/mol. The lowest BCUT2D eigenvalue weighted by Gasteiger charge is -2.08. The van der Waals surface area contributed by atoms with Gasteiger partial charge >= 0.3 is 0 Å². The Hall–Kier alpha value is -1.02. The van der Waals surface area contributed by atoms with E-state index in [1.54, 1.807) is 7.11 Å². The Balaban J connectivity index is 2.31. The van der Waals surface area contributed by atoms with Crippen molar-refractivity contribution < 1.29 is 4.74 Å². The van der Waals surface area contributed by atoms with E-state index in [1.165, 1.54) is 17.5 Å². The minimum absolute atomic E-state index is 0.727. The van der Waals surface area contributed by atoms with Crippen LogP contribution in [0.3, 0.4) is 0 Å². The van der Waals surface area contributed by atoms with Crippen LogP contribution in [0.25, 0.3) is 0 Å². The number of hydrogen-bond donors (Lipinski definition) is 1. The highest BCUT2D eigenvalue weighted by molar-refractivity contribution is 5.36. The van der Waals surface area contributed by atoms with Crippen LogP contribution in [0.4, 0.5) is 0 Å². The largest absolute Gasteiger partial charge is 0.497 e. The highest BCUT2D eigenvalue weighted by atomic mass is 16.5. The summed E-state index contributed by atoms with van der Waals surface area (Å²) in [5.74, 6) is 1.68. The van der Waals surface area contributed by atoms with Gasteiger partial charge in [-0.3, -0.25) is 0 Å². The maximum atomic E-state index is 5.22. The van der Waals surface area contributed by atoms with E-state index in [9.17, 15) is 0 Å². The van der Waals surface area contributed by atoms with Crippen molar-refractivity contribution >= 4 is 0 Å². The van der Waals surface area contributed by atoms with Gasteiger partial charge in [-0.1, -0.05) is 13.0 Å². The summed E-state index contributed by atoms with van der Waals surface area (Å²) in [7, 11) is 1.72. The number of ether oxygens (including phenoxy) is 1. The lowest BCUT2D eigenvalue weighted by Crippen LogP contribution is -2.17. The molecule has 0 bridgehead atoms. The number of nitrogens with one attached hydrogen (secondary N) is 1. The molecular formula is C12H17NO. The first-order valence-electron chi connectivity index (χ1n) is 5.16. The summed E-state index contributed by atoms with van der Waals surface area (Å²) in [4.78, 5) is 0. The lowest BCUT2D eigenvalue weighted by molar-refractivity contribution is 0.414. The number of benzene rings is 1. The normalized spacial score (nSPS) is 21.1. The predicted octanol–water partition coefficient (Wildman–Crippen LogP) is 1.98. The van der Waals surface area contributed by atoms with E-state index in [-0.39, 0.29) is 0 Å². The van der Waals surface area contributed by atoms with Gasteiger partial charge in [0.1, 0.15) is 5.75 Å². The zero-order chi connectivity index (χ0) is 9.97. The van der Waals surface area contributed by atoms with E-state index in [2.05, 4.69) is 30.4 Å². The van der Waals surface area contributed by atoms with E-state index in [0.29, 0.717) is 0 Å². The van der Waals surface area contributed by atoms with Gasteiger partial charge in [0.15, 0.2) is 0 Å². The molecule has 1 unspecified atom stereocenters. The molecule has 2 rings (SSSR count). The molecule has 1 aromatic carbocycles. The van der Waals surface area contributed by atoms with Gasteiger partial charge in [-0.2, -0.15) is 0 Å². The average Bonchev–Trinajstić information content (AvgIpc) is 2.37. The molecule has 2 heteroatoms. The van der Waals surface area contributed by atoms with Gasteiger partial charge in [0.05, 0.1) is 7.11 Å². The van der Waals surface area contributed by atoms with Crippen molar-refractivity contribution in [1.82, 2.24) is 5.32 Å². The summed E-state index contributed by atoms with van der Waals surface area (Å²) in [5, 5.41) is 3.45. The summed E-state index contributed by atoms with van der Waals surface area (Å²) >= 11 is 0. The number of fused-ring (bicyclic) bond motifs is 1. The molecule has 0 fully saturated rings. The van der Waals surface area contributed by atoms with Crippen LogP contribution in [0.5, 0.6) is 5.75 Å². The molecule has 2 nitrogen and oxygen atoms in total. The molecule has 1 aliphatic rings.